The van der Waals surface area contributed by atoms with E-state index in [0.29, 0.717) is 5.69 Å². The van der Waals surface area contributed by atoms with Crippen LogP contribution in [0.2, 0.25) is 0 Å². The average Bonchev–Trinajstić information content (AvgIpc) is 3.35. The summed E-state index contributed by atoms with van der Waals surface area (Å²) in [6, 6.07) is 9.58. The first-order valence-corrected chi connectivity index (χ1v) is 9.62. The molecule has 2 aromatic carbocycles. The van der Waals surface area contributed by atoms with E-state index in [4.69, 9.17) is 9.47 Å². The van der Waals surface area contributed by atoms with Crippen LogP contribution in [-0.4, -0.2) is 34.4 Å². The third-order valence-corrected chi connectivity index (χ3v) is 5.22. The lowest BCUT2D eigenvalue weighted by molar-refractivity contribution is -0.385. The highest BCUT2D eigenvalue weighted by Gasteiger charge is 2.24. The molecule has 2 heterocycles. The Bertz CT molecular complexity index is 1230. The third kappa shape index (κ3) is 3.55. The number of nitro groups is 1. The molecule has 0 radical (unpaired) electrons. The van der Waals surface area contributed by atoms with Gasteiger partial charge in [0.1, 0.15) is 5.56 Å². The van der Waals surface area contributed by atoms with E-state index in [-0.39, 0.29) is 22.7 Å². The predicted molar refractivity (Wildman–Crippen MR) is 113 cm³/mol. The molecule has 152 valence electrons. The van der Waals surface area contributed by atoms with Crippen molar-refractivity contribution < 1.29 is 19.2 Å². The fourth-order valence-corrected chi connectivity index (χ4v) is 3.72. The van der Waals surface area contributed by atoms with Crippen LogP contribution in [0, 0.1) is 10.1 Å². The molecular weight excluding hydrogens is 408 g/mol. The highest BCUT2D eigenvalue weighted by atomic mass is 32.1. The fraction of sp³-hybridized carbons (Fsp3) is 0.100. The Labute approximate surface area is 174 Å². The van der Waals surface area contributed by atoms with Crippen LogP contribution in [0.1, 0.15) is 10.4 Å². The lowest BCUT2D eigenvalue weighted by Gasteiger charge is -2.11. The van der Waals surface area contributed by atoms with Gasteiger partial charge in [0.25, 0.3) is 11.6 Å². The Morgan fingerprint density at radius 3 is 2.67 bits per heavy atom. The van der Waals surface area contributed by atoms with Crippen molar-refractivity contribution in [3.05, 3.63) is 69.8 Å². The van der Waals surface area contributed by atoms with Crippen molar-refractivity contribution in [3.8, 4) is 22.8 Å². The number of rotatable bonds is 6. The number of carbonyl (C=O) groups is 1. The van der Waals surface area contributed by atoms with Crippen LogP contribution in [-0.2, 0) is 0 Å². The highest BCUT2D eigenvalue weighted by molar-refractivity contribution is 7.15. The monoisotopic (exact) mass is 424 g/mol. The summed E-state index contributed by atoms with van der Waals surface area (Å²) in [6.45, 7) is 0. The molecule has 4 rings (SSSR count). The van der Waals surface area contributed by atoms with Gasteiger partial charge in [0.2, 0.25) is 0 Å². The molecule has 10 heteroatoms. The van der Waals surface area contributed by atoms with E-state index in [2.05, 4.69) is 10.3 Å². The van der Waals surface area contributed by atoms with Gasteiger partial charge in [-0.2, -0.15) is 0 Å². The maximum Gasteiger partial charge on any atom is 0.286 e. The summed E-state index contributed by atoms with van der Waals surface area (Å²) in [5, 5.41) is 16.1. The van der Waals surface area contributed by atoms with E-state index in [1.165, 1.54) is 37.7 Å². The molecule has 2 aromatic heterocycles. The first-order valence-electron chi connectivity index (χ1n) is 8.74. The minimum atomic E-state index is -0.634. The number of hydrogen-bond acceptors (Lipinski definition) is 7. The molecule has 1 amide bonds. The van der Waals surface area contributed by atoms with Crippen LogP contribution in [0.3, 0.4) is 0 Å². The molecule has 0 aliphatic rings. The molecule has 0 saturated heterocycles. The number of aromatic nitrogens is 2. The zero-order valence-electron chi connectivity index (χ0n) is 16.0. The van der Waals surface area contributed by atoms with Crippen molar-refractivity contribution in [2.45, 2.75) is 0 Å². The van der Waals surface area contributed by atoms with Crippen molar-refractivity contribution in [1.82, 2.24) is 9.38 Å². The molecule has 1 N–H and O–H groups in total. The first-order chi connectivity index (χ1) is 14.5. The smallest absolute Gasteiger partial charge is 0.286 e. The largest absolute Gasteiger partial charge is 0.493 e. The van der Waals surface area contributed by atoms with E-state index in [9.17, 15) is 14.9 Å². The number of imidazole rings is 1. The van der Waals surface area contributed by atoms with Crippen LogP contribution in [0.5, 0.6) is 11.5 Å². The molecule has 30 heavy (non-hydrogen) atoms. The molecule has 0 aliphatic heterocycles. The van der Waals surface area contributed by atoms with E-state index in [1.807, 2.05) is 28.2 Å². The fourth-order valence-electron chi connectivity index (χ4n) is 3.02. The van der Waals surface area contributed by atoms with Crippen molar-refractivity contribution >= 4 is 33.6 Å². The van der Waals surface area contributed by atoms with Crippen molar-refractivity contribution in [2.75, 3.05) is 19.5 Å². The van der Waals surface area contributed by atoms with Crippen molar-refractivity contribution in [1.29, 1.82) is 0 Å². The molecule has 0 unspecified atom stereocenters. The van der Waals surface area contributed by atoms with Crippen molar-refractivity contribution in [3.63, 3.8) is 0 Å². The van der Waals surface area contributed by atoms with Gasteiger partial charge in [-0.15, -0.1) is 11.3 Å². The first kappa shape index (κ1) is 19.4. The quantitative estimate of drug-likeness (QED) is 0.366. The molecule has 0 spiro atoms. The Morgan fingerprint density at radius 2 is 1.97 bits per heavy atom. The summed E-state index contributed by atoms with van der Waals surface area (Å²) in [5.74, 6) is -0.242. The molecule has 0 bridgehead atoms. The lowest BCUT2D eigenvalue weighted by atomic mass is 10.1. The molecule has 0 aliphatic carbocycles. The number of nitrogens with zero attached hydrogens (tertiary/aromatic N) is 3. The van der Waals surface area contributed by atoms with Gasteiger partial charge in [0.15, 0.2) is 16.5 Å². The summed E-state index contributed by atoms with van der Waals surface area (Å²) in [7, 11) is 2.76. The summed E-state index contributed by atoms with van der Waals surface area (Å²) < 4.78 is 12.2. The maximum absolute atomic E-state index is 12.8. The topological polar surface area (TPSA) is 108 Å². The number of amides is 1. The van der Waals surface area contributed by atoms with E-state index >= 15 is 0 Å². The standard InChI is InChI=1S/C20H16N4O5S/c1-28-17-9-14(16(24(26)27)10-18(17)29-2)19(25)21-13-5-3-4-12(8-13)15-11-23-6-7-30-20(23)22-15/h3-11H,1-2H3,(H,21,25). The zero-order valence-corrected chi connectivity index (χ0v) is 16.8. The van der Waals surface area contributed by atoms with Gasteiger partial charge in [-0.05, 0) is 12.1 Å². The second-order valence-corrected chi connectivity index (χ2v) is 7.11. The normalized spacial score (nSPS) is 10.7. The van der Waals surface area contributed by atoms with E-state index in [0.717, 1.165) is 16.2 Å². The van der Waals surface area contributed by atoms with Gasteiger partial charge < -0.3 is 14.8 Å². The molecule has 0 atom stereocenters. The Hall–Kier alpha value is -3.92. The molecule has 0 fully saturated rings. The molecule has 0 saturated carbocycles. The SMILES string of the molecule is COc1cc(C(=O)Nc2cccc(-c3cn4ccsc4n3)c2)c([N+](=O)[O-])cc1OC. The number of nitro benzene ring substituents is 1. The van der Waals surface area contributed by atoms with Gasteiger partial charge in [0.05, 0.1) is 30.9 Å². The minimum Gasteiger partial charge on any atom is -0.493 e. The second kappa shape index (κ2) is 7.84. The Kier molecular flexibility index (Phi) is 5.07. The molecule has 9 nitrogen and oxygen atoms in total. The Balaban J connectivity index is 1.65. The van der Waals surface area contributed by atoms with Crippen LogP contribution in [0.15, 0.2) is 54.2 Å². The number of fused-ring (bicyclic) bond motifs is 1. The summed E-state index contributed by atoms with van der Waals surface area (Å²) in [6.07, 6.45) is 3.81. The summed E-state index contributed by atoms with van der Waals surface area (Å²) in [5.41, 5.74) is 1.54. The minimum absolute atomic E-state index is 0.134. The number of nitrogens with one attached hydrogen (secondary N) is 1. The maximum atomic E-state index is 12.8. The predicted octanol–water partition coefficient (Wildman–Crippen LogP) is 4.24. The van der Waals surface area contributed by atoms with Gasteiger partial charge >= 0.3 is 0 Å². The molecule has 4 aromatic rings. The van der Waals surface area contributed by atoms with Crippen LogP contribution >= 0.6 is 11.3 Å². The Morgan fingerprint density at radius 1 is 1.20 bits per heavy atom. The number of anilines is 1. The third-order valence-electron chi connectivity index (χ3n) is 4.45. The molecular formula is C20H16N4O5S. The van der Waals surface area contributed by atoms with Crippen molar-refractivity contribution in [2.24, 2.45) is 0 Å². The number of carbonyl (C=O) groups excluding carboxylic acids is 1. The zero-order chi connectivity index (χ0) is 21.3. The number of thiazole rings is 1. The number of ether oxygens (including phenoxy) is 2. The lowest BCUT2D eigenvalue weighted by Crippen LogP contribution is -2.14. The second-order valence-electron chi connectivity index (χ2n) is 6.24. The number of benzene rings is 2. The number of methoxy groups -OCH3 is 2. The van der Waals surface area contributed by atoms with Gasteiger partial charge in [-0.3, -0.25) is 19.3 Å². The van der Waals surface area contributed by atoms with Crippen LogP contribution in [0.4, 0.5) is 11.4 Å². The van der Waals surface area contributed by atoms with Gasteiger partial charge in [-0.1, -0.05) is 12.1 Å². The van der Waals surface area contributed by atoms with E-state index < -0.39 is 10.8 Å². The van der Waals surface area contributed by atoms with Crippen LogP contribution in [0.25, 0.3) is 16.2 Å². The highest BCUT2D eigenvalue weighted by Crippen LogP contribution is 2.35. The van der Waals surface area contributed by atoms with E-state index in [1.54, 1.807) is 18.2 Å². The van der Waals surface area contributed by atoms with Gasteiger partial charge in [0, 0.05) is 35.1 Å². The summed E-state index contributed by atoms with van der Waals surface area (Å²) >= 11 is 1.52. The van der Waals surface area contributed by atoms with Crippen LogP contribution < -0.4 is 14.8 Å². The summed E-state index contributed by atoms with van der Waals surface area (Å²) in [4.78, 5) is 29.1. The average molecular weight is 424 g/mol. The number of hydrogen-bond donors (Lipinski definition) is 1. The van der Waals surface area contributed by atoms with Gasteiger partial charge in [-0.25, -0.2) is 4.98 Å².